The Bertz CT molecular complexity index is 1230. The van der Waals surface area contributed by atoms with Gasteiger partial charge in [0, 0.05) is 30.1 Å². The van der Waals surface area contributed by atoms with Crippen LogP contribution in [0.25, 0.3) is 15.7 Å². The van der Waals surface area contributed by atoms with Crippen LogP contribution in [-0.4, -0.2) is 46.6 Å². The number of nitrogens with zero attached hydrogens (tertiary/aromatic N) is 4. The summed E-state index contributed by atoms with van der Waals surface area (Å²) in [6.07, 6.45) is 2.56. The standard InChI is InChI=1S/C23H22ClFN6O2/c1-3-33-20-11-18-15(10-19(20)27-12-22(32)31-8-4-5-21(31)26-2)23(29-13-28-18)30-14-6-7-17(25)16(24)9-14/h6-7,9-11,13,21,27H,3-5,8,12H2,1H3,(H,28,29,30). The maximum Gasteiger partial charge on any atom is 0.300 e. The molecule has 170 valence electrons. The van der Waals surface area contributed by atoms with Crippen LogP contribution in [0.2, 0.25) is 5.02 Å². The molecule has 1 amide bonds. The lowest BCUT2D eigenvalue weighted by molar-refractivity contribution is -0.129. The van der Waals surface area contributed by atoms with Gasteiger partial charge in [-0.2, -0.15) is 0 Å². The summed E-state index contributed by atoms with van der Waals surface area (Å²) in [6, 6.07) is 7.88. The number of rotatable bonds is 7. The van der Waals surface area contributed by atoms with Crippen molar-refractivity contribution in [1.29, 1.82) is 0 Å². The number of amides is 1. The van der Waals surface area contributed by atoms with Gasteiger partial charge in [0.1, 0.15) is 23.7 Å². The number of anilines is 3. The highest BCUT2D eigenvalue weighted by Gasteiger charge is 2.32. The molecule has 0 bridgehead atoms. The molecule has 10 heteroatoms. The van der Waals surface area contributed by atoms with Crippen molar-refractivity contribution in [2.24, 2.45) is 0 Å². The summed E-state index contributed by atoms with van der Waals surface area (Å²) in [5, 5.41) is 6.96. The van der Waals surface area contributed by atoms with Crippen molar-refractivity contribution in [3.8, 4) is 5.75 Å². The van der Waals surface area contributed by atoms with Gasteiger partial charge in [0.25, 0.3) is 0 Å². The minimum atomic E-state index is -0.509. The Morgan fingerprint density at radius 3 is 2.97 bits per heavy atom. The smallest absolute Gasteiger partial charge is 0.300 e. The molecule has 1 unspecified atom stereocenters. The van der Waals surface area contributed by atoms with E-state index in [1.54, 1.807) is 23.1 Å². The zero-order valence-electron chi connectivity index (χ0n) is 17.9. The van der Waals surface area contributed by atoms with Crippen molar-refractivity contribution in [3.63, 3.8) is 0 Å². The predicted octanol–water partition coefficient (Wildman–Crippen LogP) is 4.84. The van der Waals surface area contributed by atoms with E-state index < -0.39 is 12.0 Å². The van der Waals surface area contributed by atoms with Gasteiger partial charge >= 0.3 is 6.17 Å². The molecule has 0 saturated carbocycles. The molecule has 1 atom stereocenters. The molecule has 1 saturated heterocycles. The van der Waals surface area contributed by atoms with E-state index in [1.807, 2.05) is 6.92 Å². The molecule has 2 heterocycles. The Balaban J connectivity index is 1.63. The van der Waals surface area contributed by atoms with Crippen LogP contribution in [0.4, 0.5) is 21.6 Å². The summed E-state index contributed by atoms with van der Waals surface area (Å²) in [4.78, 5) is 26.5. The molecule has 1 aliphatic rings. The number of likely N-dealkylation sites (tertiary alicyclic amines) is 1. The van der Waals surface area contributed by atoms with E-state index in [9.17, 15) is 9.18 Å². The molecular formula is C23H22ClFN6O2. The second-order valence-electron chi connectivity index (χ2n) is 7.47. The number of halogens is 2. The predicted molar refractivity (Wildman–Crippen MR) is 125 cm³/mol. The molecule has 1 aliphatic heterocycles. The molecule has 33 heavy (non-hydrogen) atoms. The van der Waals surface area contributed by atoms with Gasteiger partial charge in [0.15, 0.2) is 0 Å². The fraction of sp³-hybridized carbons (Fsp3) is 0.304. The van der Waals surface area contributed by atoms with E-state index >= 15 is 0 Å². The maximum absolute atomic E-state index is 13.5. The first-order valence-corrected chi connectivity index (χ1v) is 10.9. The maximum atomic E-state index is 13.5. The second kappa shape index (κ2) is 9.88. The fourth-order valence-corrected chi connectivity index (χ4v) is 3.93. The zero-order valence-corrected chi connectivity index (χ0v) is 18.7. The number of carbonyl (C=O) groups excluding carboxylic acids is 1. The molecule has 0 spiro atoms. The number of ether oxygens (including phenoxy) is 1. The van der Waals surface area contributed by atoms with E-state index in [4.69, 9.17) is 22.9 Å². The van der Waals surface area contributed by atoms with Gasteiger partial charge in [0.2, 0.25) is 5.91 Å². The number of aromatic nitrogens is 2. The summed E-state index contributed by atoms with van der Waals surface area (Å²) in [7, 11) is 0. The van der Waals surface area contributed by atoms with E-state index in [0.29, 0.717) is 53.4 Å². The lowest BCUT2D eigenvalue weighted by atomic mass is 10.1. The molecule has 2 N–H and O–H groups in total. The third-order valence-electron chi connectivity index (χ3n) is 5.34. The molecule has 1 fully saturated rings. The quantitative estimate of drug-likeness (QED) is 0.482. The van der Waals surface area contributed by atoms with Crippen molar-refractivity contribution in [2.45, 2.75) is 25.9 Å². The molecule has 0 radical (unpaired) electrons. The Labute approximate surface area is 195 Å². The summed E-state index contributed by atoms with van der Waals surface area (Å²) in [5.41, 5.74) is 1.80. The van der Waals surface area contributed by atoms with E-state index in [2.05, 4.69) is 25.4 Å². The van der Waals surface area contributed by atoms with Gasteiger partial charge in [-0.3, -0.25) is 14.5 Å². The monoisotopic (exact) mass is 468 g/mol. The Hall–Kier alpha value is -3.64. The normalized spacial score (nSPS) is 15.3. The summed E-state index contributed by atoms with van der Waals surface area (Å²) in [6.45, 7) is 10.2. The lowest BCUT2D eigenvalue weighted by Gasteiger charge is -2.19. The Morgan fingerprint density at radius 1 is 1.36 bits per heavy atom. The van der Waals surface area contributed by atoms with Gasteiger partial charge in [-0.25, -0.2) is 20.9 Å². The number of nitrogens with one attached hydrogen (secondary N) is 2. The number of carbonyl (C=O) groups is 1. The van der Waals surface area contributed by atoms with Crippen molar-refractivity contribution >= 4 is 45.6 Å². The first kappa shape index (κ1) is 22.6. The molecule has 1 aromatic heterocycles. The minimum Gasteiger partial charge on any atom is -0.492 e. The summed E-state index contributed by atoms with van der Waals surface area (Å²) < 4.78 is 19.3. The topological polar surface area (TPSA) is 83.7 Å². The van der Waals surface area contributed by atoms with Gasteiger partial charge in [-0.05, 0) is 37.6 Å². The average Bonchev–Trinajstić information content (AvgIpc) is 3.29. The first-order chi connectivity index (χ1) is 16.0. The van der Waals surface area contributed by atoms with Crippen LogP contribution in [0.3, 0.4) is 0 Å². The zero-order chi connectivity index (χ0) is 23.4. The van der Waals surface area contributed by atoms with Crippen LogP contribution in [-0.2, 0) is 4.79 Å². The van der Waals surface area contributed by atoms with Crippen molar-refractivity contribution in [1.82, 2.24) is 14.9 Å². The van der Waals surface area contributed by atoms with Crippen molar-refractivity contribution < 1.29 is 13.9 Å². The lowest BCUT2D eigenvalue weighted by Crippen LogP contribution is -2.37. The second-order valence-corrected chi connectivity index (χ2v) is 7.87. The van der Waals surface area contributed by atoms with E-state index in [0.717, 1.165) is 6.42 Å². The third-order valence-corrected chi connectivity index (χ3v) is 5.63. The largest absolute Gasteiger partial charge is 0.492 e. The minimum absolute atomic E-state index is 0.00232. The Morgan fingerprint density at radius 2 is 2.21 bits per heavy atom. The Kier molecular flexibility index (Phi) is 6.75. The van der Waals surface area contributed by atoms with E-state index in [-0.39, 0.29) is 17.5 Å². The van der Waals surface area contributed by atoms with Gasteiger partial charge < -0.3 is 15.4 Å². The number of benzene rings is 2. The number of fused-ring (bicyclic) bond motifs is 1. The SMILES string of the molecule is [C-]#[N+]C1CCCN1C(=O)CNc1cc2c(Nc3ccc(F)c(Cl)c3)ncnc2cc1OCC. The highest BCUT2D eigenvalue weighted by atomic mass is 35.5. The van der Waals surface area contributed by atoms with Crippen LogP contribution in [0, 0.1) is 12.4 Å². The first-order valence-electron chi connectivity index (χ1n) is 10.5. The highest BCUT2D eigenvalue weighted by Crippen LogP contribution is 2.34. The average molecular weight is 469 g/mol. The van der Waals surface area contributed by atoms with Crippen molar-refractivity contribution in [2.75, 3.05) is 30.3 Å². The van der Waals surface area contributed by atoms with Gasteiger partial charge in [-0.15, -0.1) is 0 Å². The molecular weight excluding hydrogens is 447 g/mol. The van der Waals surface area contributed by atoms with Crippen LogP contribution in [0.5, 0.6) is 5.75 Å². The van der Waals surface area contributed by atoms with Crippen LogP contribution in [0.15, 0.2) is 36.7 Å². The van der Waals surface area contributed by atoms with E-state index in [1.165, 1.54) is 18.5 Å². The number of hydrogen-bond acceptors (Lipinski definition) is 6. The van der Waals surface area contributed by atoms with Crippen LogP contribution < -0.4 is 15.4 Å². The van der Waals surface area contributed by atoms with Crippen LogP contribution in [0.1, 0.15) is 19.8 Å². The number of hydrogen-bond donors (Lipinski definition) is 2. The summed E-state index contributed by atoms with van der Waals surface area (Å²) in [5.74, 6) is 0.397. The van der Waals surface area contributed by atoms with Gasteiger partial charge in [0.05, 0.1) is 29.4 Å². The van der Waals surface area contributed by atoms with Gasteiger partial charge in [-0.1, -0.05) is 11.6 Å². The third kappa shape index (κ3) is 4.91. The molecule has 8 nitrogen and oxygen atoms in total. The molecule has 2 aromatic carbocycles. The summed E-state index contributed by atoms with van der Waals surface area (Å²) >= 11 is 5.90. The molecule has 0 aliphatic carbocycles. The highest BCUT2D eigenvalue weighted by molar-refractivity contribution is 6.31. The van der Waals surface area contributed by atoms with Crippen LogP contribution >= 0.6 is 11.6 Å². The fourth-order valence-electron chi connectivity index (χ4n) is 3.75. The molecule has 3 aromatic rings. The molecule has 4 rings (SSSR count). The van der Waals surface area contributed by atoms with Crippen molar-refractivity contribution in [3.05, 3.63) is 58.9 Å².